The van der Waals surface area contributed by atoms with Gasteiger partial charge >= 0.3 is 0 Å². The molecule has 0 unspecified atom stereocenters. The summed E-state index contributed by atoms with van der Waals surface area (Å²) in [5, 5.41) is 9.64. The first-order valence-corrected chi connectivity index (χ1v) is 6.11. The molecule has 0 spiro atoms. The Hall–Kier alpha value is -1.72. The molecule has 4 N–H and O–H groups in total. The van der Waals surface area contributed by atoms with Crippen molar-refractivity contribution in [3.63, 3.8) is 0 Å². The molecule has 0 saturated heterocycles. The van der Waals surface area contributed by atoms with Crippen LogP contribution < -0.4 is 11.3 Å². The number of nitrogens with one attached hydrogen (secondary N) is 1. The lowest BCUT2D eigenvalue weighted by molar-refractivity contribution is 0.462. The van der Waals surface area contributed by atoms with Gasteiger partial charge in [-0.15, -0.1) is 11.8 Å². The Bertz CT molecular complexity index is 505. The molecule has 0 aliphatic carbocycles. The van der Waals surface area contributed by atoms with Crippen LogP contribution in [0.4, 0.5) is 5.82 Å². The lowest BCUT2D eigenvalue weighted by Crippen LogP contribution is -2.10. The van der Waals surface area contributed by atoms with Crippen LogP contribution in [0.2, 0.25) is 0 Å². The molecule has 17 heavy (non-hydrogen) atoms. The Kier molecular flexibility index (Phi) is 3.85. The van der Waals surface area contributed by atoms with Gasteiger partial charge in [0.15, 0.2) is 0 Å². The number of nitrogens with zero attached hydrogens (tertiary/aromatic N) is 1. The largest absolute Gasteiger partial charge is 0.507 e. The van der Waals surface area contributed by atoms with Crippen LogP contribution in [0.3, 0.4) is 0 Å². The minimum atomic E-state index is 0.295. The molecular formula is C12H13N3OS. The van der Waals surface area contributed by atoms with Crippen LogP contribution in [0.15, 0.2) is 47.5 Å². The number of hydrogen-bond donors (Lipinski definition) is 3. The van der Waals surface area contributed by atoms with Gasteiger partial charge in [0, 0.05) is 22.4 Å². The molecule has 0 atom stereocenters. The third-order valence-corrected chi connectivity index (χ3v) is 3.39. The van der Waals surface area contributed by atoms with Crippen molar-refractivity contribution in [2.75, 3.05) is 5.43 Å². The molecule has 0 amide bonds. The minimum absolute atomic E-state index is 0.295. The Labute approximate surface area is 104 Å². The van der Waals surface area contributed by atoms with Gasteiger partial charge in [-0.1, -0.05) is 18.2 Å². The highest BCUT2D eigenvalue weighted by Crippen LogP contribution is 2.31. The average Bonchev–Trinajstić information content (AvgIpc) is 2.38. The van der Waals surface area contributed by atoms with Gasteiger partial charge in [0.2, 0.25) is 0 Å². The number of rotatable bonds is 4. The number of nitrogen functional groups attached to an aromatic ring is 1. The molecule has 0 radical (unpaired) electrons. The maximum absolute atomic E-state index is 9.64. The van der Waals surface area contributed by atoms with E-state index >= 15 is 0 Å². The topological polar surface area (TPSA) is 71.2 Å². The van der Waals surface area contributed by atoms with E-state index in [1.807, 2.05) is 24.3 Å². The number of phenolic OH excluding ortho intramolecular Hbond substituents is 1. The van der Waals surface area contributed by atoms with Crippen LogP contribution in [0.25, 0.3) is 0 Å². The summed E-state index contributed by atoms with van der Waals surface area (Å²) in [6.45, 7) is 0. The van der Waals surface area contributed by atoms with Gasteiger partial charge in [-0.25, -0.2) is 10.8 Å². The molecule has 2 aromatic rings. The molecule has 0 aliphatic heterocycles. The fourth-order valence-electron chi connectivity index (χ4n) is 1.42. The Morgan fingerprint density at radius 1 is 1.24 bits per heavy atom. The SMILES string of the molecule is NNc1ncccc1CSc1ccccc1O. The zero-order chi connectivity index (χ0) is 12.1. The van der Waals surface area contributed by atoms with E-state index < -0.39 is 0 Å². The fourth-order valence-corrected chi connectivity index (χ4v) is 2.35. The van der Waals surface area contributed by atoms with Crippen molar-refractivity contribution in [1.82, 2.24) is 4.98 Å². The zero-order valence-corrected chi connectivity index (χ0v) is 9.95. The van der Waals surface area contributed by atoms with Gasteiger partial charge < -0.3 is 10.5 Å². The summed E-state index contributed by atoms with van der Waals surface area (Å²) in [5.74, 6) is 7.04. The van der Waals surface area contributed by atoms with E-state index in [4.69, 9.17) is 5.84 Å². The van der Waals surface area contributed by atoms with Crippen molar-refractivity contribution in [2.24, 2.45) is 5.84 Å². The number of para-hydroxylation sites is 1. The number of pyridine rings is 1. The predicted molar refractivity (Wildman–Crippen MR) is 69.7 cm³/mol. The fraction of sp³-hybridized carbons (Fsp3) is 0.0833. The summed E-state index contributed by atoms with van der Waals surface area (Å²) in [6, 6.07) is 11.1. The Balaban J connectivity index is 2.10. The molecular weight excluding hydrogens is 234 g/mol. The first-order chi connectivity index (χ1) is 8.31. The standard InChI is InChI=1S/C12H13N3OS/c13-15-12-9(4-3-7-14-12)8-17-11-6-2-1-5-10(11)16/h1-7,16H,8,13H2,(H,14,15). The van der Waals surface area contributed by atoms with Crippen molar-refractivity contribution in [3.05, 3.63) is 48.2 Å². The third kappa shape index (κ3) is 2.89. The molecule has 0 fully saturated rings. The smallest absolute Gasteiger partial charge is 0.143 e. The van der Waals surface area contributed by atoms with Gasteiger partial charge in [-0.3, -0.25) is 0 Å². The van der Waals surface area contributed by atoms with E-state index in [0.29, 0.717) is 17.3 Å². The number of thioether (sulfide) groups is 1. The van der Waals surface area contributed by atoms with Gasteiger partial charge in [0.1, 0.15) is 11.6 Å². The summed E-state index contributed by atoms with van der Waals surface area (Å²) in [4.78, 5) is 4.97. The summed E-state index contributed by atoms with van der Waals surface area (Å²) >= 11 is 1.54. The molecule has 0 saturated carbocycles. The number of hydrazine groups is 1. The molecule has 4 nitrogen and oxygen atoms in total. The molecule has 1 aromatic heterocycles. The predicted octanol–water partition coefficient (Wildman–Crippen LogP) is 2.37. The first-order valence-electron chi connectivity index (χ1n) is 5.12. The second-order valence-corrected chi connectivity index (χ2v) is 4.43. The number of benzene rings is 1. The Morgan fingerprint density at radius 2 is 2.06 bits per heavy atom. The van der Waals surface area contributed by atoms with Crippen molar-refractivity contribution >= 4 is 17.6 Å². The van der Waals surface area contributed by atoms with E-state index in [1.165, 1.54) is 0 Å². The number of aromatic nitrogens is 1. The highest BCUT2D eigenvalue weighted by molar-refractivity contribution is 7.98. The summed E-state index contributed by atoms with van der Waals surface area (Å²) < 4.78 is 0. The number of anilines is 1. The number of hydrogen-bond acceptors (Lipinski definition) is 5. The van der Waals surface area contributed by atoms with Crippen LogP contribution in [0, 0.1) is 0 Å². The van der Waals surface area contributed by atoms with Crippen molar-refractivity contribution in [1.29, 1.82) is 0 Å². The number of phenols is 1. The van der Waals surface area contributed by atoms with Gasteiger partial charge in [0.05, 0.1) is 0 Å². The monoisotopic (exact) mass is 247 g/mol. The number of nitrogens with two attached hydrogens (primary N) is 1. The summed E-state index contributed by atoms with van der Waals surface area (Å²) in [5.41, 5.74) is 3.56. The summed E-state index contributed by atoms with van der Waals surface area (Å²) in [6.07, 6.45) is 1.68. The molecule has 88 valence electrons. The van der Waals surface area contributed by atoms with Crippen LogP contribution in [0.5, 0.6) is 5.75 Å². The molecule has 1 aromatic carbocycles. The molecule has 5 heteroatoms. The van der Waals surface area contributed by atoms with Gasteiger partial charge in [-0.05, 0) is 18.2 Å². The lowest BCUT2D eigenvalue weighted by atomic mass is 10.3. The first kappa shape index (κ1) is 11.8. The third-order valence-electron chi connectivity index (χ3n) is 2.28. The maximum Gasteiger partial charge on any atom is 0.143 e. The van der Waals surface area contributed by atoms with Crippen LogP contribution >= 0.6 is 11.8 Å². The normalized spacial score (nSPS) is 10.2. The van der Waals surface area contributed by atoms with Crippen molar-refractivity contribution in [3.8, 4) is 5.75 Å². The highest BCUT2D eigenvalue weighted by atomic mass is 32.2. The Morgan fingerprint density at radius 3 is 2.82 bits per heavy atom. The lowest BCUT2D eigenvalue weighted by Gasteiger charge is -2.07. The van der Waals surface area contributed by atoms with Crippen LogP contribution in [-0.2, 0) is 5.75 Å². The highest BCUT2D eigenvalue weighted by Gasteiger charge is 2.04. The number of aromatic hydroxyl groups is 1. The van der Waals surface area contributed by atoms with Crippen LogP contribution in [0.1, 0.15) is 5.56 Å². The van der Waals surface area contributed by atoms with Crippen LogP contribution in [-0.4, -0.2) is 10.1 Å². The van der Waals surface area contributed by atoms with Crippen molar-refractivity contribution in [2.45, 2.75) is 10.6 Å². The van der Waals surface area contributed by atoms with E-state index in [2.05, 4.69) is 10.4 Å². The second kappa shape index (κ2) is 5.56. The molecule has 0 aliphatic rings. The minimum Gasteiger partial charge on any atom is -0.507 e. The van der Waals surface area contributed by atoms with Crippen molar-refractivity contribution < 1.29 is 5.11 Å². The van der Waals surface area contributed by atoms with E-state index in [0.717, 1.165) is 10.5 Å². The second-order valence-electron chi connectivity index (χ2n) is 3.41. The van der Waals surface area contributed by atoms with E-state index in [9.17, 15) is 5.11 Å². The van der Waals surface area contributed by atoms with Gasteiger partial charge in [-0.2, -0.15) is 0 Å². The quantitative estimate of drug-likeness (QED) is 0.439. The maximum atomic E-state index is 9.64. The summed E-state index contributed by atoms with van der Waals surface area (Å²) in [7, 11) is 0. The molecule has 0 bridgehead atoms. The zero-order valence-electron chi connectivity index (χ0n) is 9.13. The molecule has 1 heterocycles. The van der Waals surface area contributed by atoms with Gasteiger partial charge in [0.25, 0.3) is 0 Å². The van der Waals surface area contributed by atoms with E-state index in [-0.39, 0.29) is 0 Å². The molecule has 2 rings (SSSR count). The average molecular weight is 247 g/mol. The van der Waals surface area contributed by atoms with E-state index in [1.54, 1.807) is 30.1 Å².